The standard InChI is InChI=1S/C18H22N2O4S/c1-4-25(22,23)20-16-9-5-15(6-10-16)18(21)19-13(2)14-7-11-17(24-3)12-8-14/h5-13,20H,4H2,1-3H3,(H,19,21)/t13-/m1/s1. The minimum atomic E-state index is -3.33. The Morgan fingerprint density at radius 3 is 2.20 bits per heavy atom. The van der Waals surface area contributed by atoms with Gasteiger partial charge in [-0.3, -0.25) is 9.52 Å². The van der Waals surface area contributed by atoms with E-state index in [1.807, 2.05) is 31.2 Å². The molecule has 0 fully saturated rings. The summed E-state index contributed by atoms with van der Waals surface area (Å²) in [6.07, 6.45) is 0. The molecule has 2 rings (SSSR count). The third-order valence-corrected chi connectivity index (χ3v) is 5.07. The van der Waals surface area contributed by atoms with Crippen LogP contribution in [0.15, 0.2) is 48.5 Å². The van der Waals surface area contributed by atoms with E-state index in [-0.39, 0.29) is 17.7 Å². The van der Waals surface area contributed by atoms with Gasteiger partial charge in [0.05, 0.1) is 18.9 Å². The summed E-state index contributed by atoms with van der Waals surface area (Å²) >= 11 is 0. The average Bonchev–Trinajstić information content (AvgIpc) is 2.62. The Morgan fingerprint density at radius 2 is 1.68 bits per heavy atom. The van der Waals surface area contributed by atoms with E-state index in [1.165, 1.54) is 0 Å². The highest BCUT2D eigenvalue weighted by Gasteiger charge is 2.12. The van der Waals surface area contributed by atoms with Crippen LogP contribution >= 0.6 is 0 Å². The van der Waals surface area contributed by atoms with E-state index in [1.54, 1.807) is 38.3 Å². The Bertz CT molecular complexity index is 815. The van der Waals surface area contributed by atoms with Crippen molar-refractivity contribution in [1.29, 1.82) is 0 Å². The van der Waals surface area contributed by atoms with Crippen molar-refractivity contribution in [2.45, 2.75) is 19.9 Å². The van der Waals surface area contributed by atoms with Crippen LogP contribution in [0.2, 0.25) is 0 Å². The van der Waals surface area contributed by atoms with Crippen molar-refractivity contribution in [3.05, 3.63) is 59.7 Å². The van der Waals surface area contributed by atoms with Crippen LogP contribution in [0.3, 0.4) is 0 Å². The third-order valence-electron chi connectivity index (χ3n) is 3.76. The molecule has 0 aliphatic rings. The van der Waals surface area contributed by atoms with Crippen LogP contribution in [0.5, 0.6) is 5.75 Å². The number of hydrogen-bond donors (Lipinski definition) is 2. The number of amides is 1. The number of sulfonamides is 1. The molecule has 134 valence electrons. The fourth-order valence-corrected chi connectivity index (χ4v) is 2.84. The van der Waals surface area contributed by atoms with E-state index in [2.05, 4.69) is 10.0 Å². The van der Waals surface area contributed by atoms with Gasteiger partial charge in [-0.2, -0.15) is 0 Å². The second-order valence-electron chi connectivity index (χ2n) is 5.55. The maximum absolute atomic E-state index is 12.3. The number of rotatable bonds is 7. The molecule has 1 atom stereocenters. The zero-order valence-electron chi connectivity index (χ0n) is 14.4. The lowest BCUT2D eigenvalue weighted by atomic mass is 10.1. The maximum atomic E-state index is 12.3. The fraction of sp³-hybridized carbons (Fsp3) is 0.278. The predicted octanol–water partition coefficient (Wildman–Crippen LogP) is 2.95. The first-order valence-corrected chi connectivity index (χ1v) is 9.55. The van der Waals surface area contributed by atoms with Gasteiger partial charge in [0.25, 0.3) is 5.91 Å². The topological polar surface area (TPSA) is 84.5 Å². The quantitative estimate of drug-likeness (QED) is 0.793. The molecule has 2 aromatic rings. The number of nitrogens with one attached hydrogen (secondary N) is 2. The smallest absolute Gasteiger partial charge is 0.251 e. The molecule has 0 bridgehead atoms. The molecule has 0 aliphatic carbocycles. The van der Waals surface area contributed by atoms with Crippen molar-refractivity contribution in [2.75, 3.05) is 17.6 Å². The Labute approximate surface area is 148 Å². The van der Waals surface area contributed by atoms with Gasteiger partial charge >= 0.3 is 0 Å². The number of carbonyl (C=O) groups is 1. The van der Waals surface area contributed by atoms with Crippen molar-refractivity contribution in [3.63, 3.8) is 0 Å². The monoisotopic (exact) mass is 362 g/mol. The highest BCUT2D eigenvalue weighted by atomic mass is 32.2. The molecule has 0 saturated heterocycles. The molecule has 7 heteroatoms. The van der Waals surface area contributed by atoms with Crippen molar-refractivity contribution in [3.8, 4) is 5.75 Å². The zero-order chi connectivity index (χ0) is 18.4. The average molecular weight is 362 g/mol. The van der Waals surface area contributed by atoms with Gasteiger partial charge in [-0.15, -0.1) is 0 Å². The molecule has 25 heavy (non-hydrogen) atoms. The van der Waals surface area contributed by atoms with Crippen LogP contribution in [0, 0.1) is 0 Å². The SMILES string of the molecule is CCS(=O)(=O)Nc1ccc(C(=O)N[C@H](C)c2ccc(OC)cc2)cc1. The molecule has 0 spiro atoms. The van der Waals surface area contributed by atoms with Gasteiger partial charge in [0, 0.05) is 11.3 Å². The van der Waals surface area contributed by atoms with Crippen LogP contribution in [0.1, 0.15) is 35.8 Å². The summed E-state index contributed by atoms with van der Waals surface area (Å²) in [4.78, 5) is 12.3. The maximum Gasteiger partial charge on any atom is 0.251 e. The Morgan fingerprint density at radius 1 is 1.08 bits per heavy atom. The van der Waals surface area contributed by atoms with Gasteiger partial charge < -0.3 is 10.1 Å². The first kappa shape index (κ1) is 18.8. The van der Waals surface area contributed by atoms with Crippen LogP contribution in [0.25, 0.3) is 0 Å². The van der Waals surface area contributed by atoms with Gasteiger partial charge in [0.1, 0.15) is 5.75 Å². The van der Waals surface area contributed by atoms with E-state index in [9.17, 15) is 13.2 Å². The Kier molecular flexibility index (Phi) is 6.03. The molecule has 2 N–H and O–H groups in total. The highest BCUT2D eigenvalue weighted by Crippen LogP contribution is 2.18. The van der Waals surface area contributed by atoms with Crippen LogP contribution in [-0.2, 0) is 10.0 Å². The van der Waals surface area contributed by atoms with E-state index >= 15 is 0 Å². The molecule has 1 amide bonds. The molecule has 0 aromatic heterocycles. The van der Waals surface area contributed by atoms with Crippen molar-refractivity contribution in [2.24, 2.45) is 0 Å². The largest absolute Gasteiger partial charge is 0.497 e. The summed E-state index contributed by atoms with van der Waals surface area (Å²) in [7, 11) is -1.73. The molecule has 0 heterocycles. The molecule has 0 aliphatic heterocycles. The lowest BCUT2D eigenvalue weighted by molar-refractivity contribution is 0.0940. The van der Waals surface area contributed by atoms with Crippen LogP contribution in [-0.4, -0.2) is 27.2 Å². The summed E-state index contributed by atoms with van der Waals surface area (Å²) in [5, 5.41) is 2.91. The van der Waals surface area contributed by atoms with E-state index in [0.29, 0.717) is 11.3 Å². The van der Waals surface area contributed by atoms with Gasteiger partial charge in [0.2, 0.25) is 10.0 Å². The predicted molar refractivity (Wildman–Crippen MR) is 98.4 cm³/mol. The van der Waals surface area contributed by atoms with E-state index in [0.717, 1.165) is 11.3 Å². The minimum absolute atomic E-state index is 0.00534. The van der Waals surface area contributed by atoms with Crippen molar-refractivity contribution in [1.82, 2.24) is 5.32 Å². The van der Waals surface area contributed by atoms with E-state index < -0.39 is 10.0 Å². The fourth-order valence-electron chi connectivity index (χ4n) is 2.20. The summed E-state index contributed by atoms with van der Waals surface area (Å²) in [6, 6.07) is 13.6. The van der Waals surface area contributed by atoms with Gasteiger partial charge in [-0.05, 0) is 55.8 Å². The second kappa shape index (κ2) is 8.02. The molecule has 0 unspecified atom stereocenters. The first-order valence-electron chi connectivity index (χ1n) is 7.90. The zero-order valence-corrected chi connectivity index (χ0v) is 15.3. The normalized spacial score (nSPS) is 12.3. The highest BCUT2D eigenvalue weighted by molar-refractivity contribution is 7.92. The van der Waals surface area contributed by atoms with Crippen LogP contribution < -0.4 is 14.8 Å². The van der Waals surface area contributed by atoms with Crippen molar-refractivity contribution < 1.29 is 17.9 Å². The number of anilines is 1. The van der Waals surface area contributed by atoms with Crippen molar-refractivity contribution >= 4 is 21.6 Å². The molecular weight excluding hydrogens is 340 g/mol. The molecular formula is C18H22N2O4S. The summed E-state index contributed by atoms with van der Waals surface area (Å²) < 4.78 is 30.6. The molecule has 0 saturated carbocycles. The molecule has 0 radical (unpaired) electrons. The van der Waals surface area contributed by atoms with Crippen LogP contribution in [0.4, 0.5) is 5.69 Å². The third kappa shape index (κ3) is 5.22. The number of methoxy groups -OCH3 is 1. The van der Waals surface area contributed by atoms with Gasteiger partial charge in [-0.1, -0.05) is 12.1 Å². The first-order chi connectivity index (χ1) is 11.8. The second-order valence-corrected chi connectivity index (χ2v) is 7.56. The minimum Gasteiger partial charge on any atom is -0.497 e. The molecule has 6 nitrogen and oxygen atoms in total. The van der Waals surface area contributed by atoms with E-state index in [4.69, 9.17) is 4.74 Å². The number of hydrogen-bond acceptors (Lipinski definition) is 4. The summed E-state index contributed by atoms with van der Waals surface area (Å²) in [6.45, 7) is 3.45. The number of ether oxygens (including phenoxy) is 1. The number of benzene rings is 2. The summed E-state index contributed by atoms with van der Waals surface area (Å²) in [5.74, 6) is 0.523. The lowest BCUT2D eigenvalue weighted by Crippen LogP contribution is -2.26. The molecule has 2 aromatic carbocycles. The van der Waals surface area contributed by atoms with Gasteiger partial charge in [0.15, 0.2) is 0 Å². The summed E-state index contributed by atoms with van der Waals surface area (Å²) in [5.41, 5.74) is 1.85. The number of carbonyl (C=O) groups excluding carboxylic acids is 1. The van der Waals surface area contributed by atoms with Gasteiger partial charge in [-0.25, -0.2) is 8.42 Å². The Balaban J connectivity index is 2.02. The Hall–Kier alpha value is -2.54. The lowest BCUT2D eigenvalue weighted by Gasteiger charge is -2.15.